The molecule has 0 saturated carbocycles. The minimum Gasteiger partial charge on any atom is -0.497 e. The van der Waals surface area contributed by atoms with E-state index in [1.54, 1.807) is 42.3 Å². The van der Waals surface area contributed by atoms with E-state index in [4.69, 9.17) is 18.9 Å². The summed E-state index contributed by atoms with van der Waals surface area (Å²) in [6.45, 7) is 3.77. The molecule has 0 atom stereocenters. The fourth-order valence-electron chi connectivity index (χ4n) is 3.64. The first-order valence-electron chi connectivity index (χ1n) is 11.2. The quantitative estimate of drug-likeness (QED) is 0.591. The zero-order valence-corrected chi connectivity index (χ0v) is 19.5. The van der Waals surface area contributed by atoms with Gasteiger partial charge in [0.1, 0.15) is 23.0 Å². The van der Waals surface area contributed by atoms with Gasteiger partial charge < -0.3 is 29.2 Å². The first kappa shape index (κ1) is 24.2. The van der Waals surface area contributed by atoms with Crippen molar-refractivity contribution in [3.63, 3.8) is 0 Å². The maximum atomic E-state index is 12.9. The van der Waals surface area contributed by atoms with Crippen LogP contribution in [0.2, 0.25) is 0 Å². The maximum absolute atomic E-state index is 12.9. The highest BCUT2D eigenvalue weighted by atomic mass is 16.5. The van der Waals surface area contributed by atoms with Crippen molar-refractivity contribution < 1.29 is 28.5 Å². The van der Waals surface area contributed by atoms with Crippen molar-refractivity contribution >= 4 is 11.8 Å². The van der Waals surface area contributed by atoms with Gasteiger partial charge in [-0.3, -0.25) is 9.59 Å². The van der Waals surface area contributed by atoms with E-state index in [1.165, 1.54) is 7.11 Å². The van der Waals surface area contributed by atoms with E-state index in [9.17, 15) is 9.59 Å². The molecular weight excluding hydrogens is 424 g/mol. The van der Waals surface area contributed by atoms with Crippen molar-refractivity contribution in [1.82, 2.24) is 10.2 Å². The number of hydrogen-bond donors (Lipinski definition) is 1. The topological polar surface area (TPSA) is 86.3 Å². The molecule has 2 amide bonds. The molecule has 1 aliphatic heterocycles. The largest absolute Gasteiger partial charge is 0.497 e. The fraction of sp³-hybridized carbons (Fsp3) is 0.440. The highest BCUT2D eigenvalue weighted by molar-refractivity contribution is 5.97. The van der Waals surface area contributed by atoms with E-state index in [0.717, 1.165) is 12.2 Å². The summed E-state index contributed by atoms with van der Waals surface area (Å²) < 4.78 is 21.7. The predicted molar refractivity (Wildman–Crippen MR) is 124 cm³/mol. The lowest BCUT2D eigenvalue weighted by Crippen LogP contribution is -2.47. The monoisotopic (exact) mass is 456 g/mol. The molecule has 2 aromatic rings. The van der Waals surface area contributed by atoms with Crippen molar-refractivity contribution in [3.8, 4) is 23.0 Å². The van der Waals surface area contributed by atoms with E-state index in [-0.39, 0.29) is 24.5 Å². The summed E-state index contributed by atoms with van der Waals surface area (Å²) in [5.41, 5.74) is 0.500. The standard InChI is InChI=1S/C25H32N2O6/c1-4-15-32-19-5-7-20(8-6-19)33-17-24(28)26-18-11-13-27(14-12-18)25(29)22-10-9-21(30-2)16-23(22)31-3/h5-10,16,18H,4,11-15,17H2,1-3H3,(H,26,28). The molecule has 0 bridgehead atoms. The van der Waals surface area contributed by atoms with Crippen molar-refractivity contribution in [2.45, 2.75) is 32.2 Å². The molecule has 1 saturated heterocycles. The van der Waals surface area contributed by atoms with Gasteiger partial charge in [-0.15, -0.1) is 0 Å². The van der Waals surface area contributed by atoms with Gasteiger partial charge in [-0.25, -0.2) is 0 Å². The minimum absolute atomic E-state index is 0.00716. The Morgan fingerprint density at radius 3 is 2.18 bits per heavy atom. The van der Waals surface area contributed by atoms with Gasteiger partial charge in [0.2, 0.25) is 0 Å². The van der Waals surface area contributed by atoms with Gasteiger partial charge in [0, 0.05) is 25.2 Å². The highest BCUT2D eigenvalue weighted by Crippen LogP contribution is 2.27. The van der Waals surface area contributed by atoms with Crippen LogP contribution in [0, 0.1) is 0 Å². The van der Waals surface area contributed by atoms with E-state index >= 15 is 0 Å². The fourth-order valence-corrected chi connectivity index (χ4v) is 3.64. The van der Waals surface area contributed by atoms with Crippen LogP contribution in [0.25, 0.3) is 0 Å². The van der Waals surface area contributed by atoms with Gasteiger partial charge in [0.05, 0.1) is 26.4 Å². The van der Waals surface area contributed by atoms with E-state index < -0.39 is 0 Å². The van der Waals surface area contributed by atoms with Crippen molar-refractivity contribution in [2.75, 3.05) is 40.5 Å². The molecule has 8 heteroatoms. The second-order valence-corrected chi connectivity index (χ2v) is 7.81. The molecule has 1 heterocycles. The maximum Gasteiger partial charge on any atom is 0.258 e. The molecule has 1 fully saturated rings. The van der Waals surface area contributed by atoms with E-state index in [2.05, 4.69) is 12.2 Å². The molecule has 8 nitrogen and oxygen atoms in total. The lowest BCUT2D eigenvalue weighted by atomic mass is 10.0. The molecule has 0 spiro atoms. The highest BCUT2D eigenvalue weighted by Gasteiger charge is 2.26. The van der Waals surface area contributed by atoms with Crippen LogP contribution in [-0.4, -0.2) is 63.3 Å². The summed E-state index contributed by atoms with van der Waals surface area (Å²) in [6, 6.07) is 12.4. The summed E-state index contributed by atoms with van der Waals surface area (Å²) >= 11 is 0. The van der Waals surface area contributed by atoms with Gasteiger partial charge >= 0.3 is 0 Å². The Kier molecular flexibility index (Phi) is 8.80. The second-order valence-electron chi connectivity index (χ2n) is 7.81. The zero-order chi connectivity index (χ0) is 23.6. The first-order valence-corrected chi connectivity index (χ1v) is 11.2. The number of rotatable bonds is 10. The molecule has 2 aromatic carbocycles. The molecule has 1 N–H and O–H groups in total. The number of carbonyl (C=O) groups is 2. The zero-order valence-electron chi connectivity index (χ0n) is 19.5. The number of methoxy groups -OCH3 is 2. The molecular formula is C25H32N2O6. The number of ether oxygens (including phenoxy) is 4. The van der Waals surface area contributed by atoms with E-state index in [0.29, 0.717) is 55.4 Å². The van der Waals surface area contributed by atoms with Crippen LogP contribution in [-0.2, 0) is 4.79 Å². The van der Waals surface area contributed by atoms with Crippen LogP contribution in [0.5, 0.6) is 23.0 Å². The van der Waals surface area contributed by atoms with Crippen molar-refractivity contribution in [1.29, 1.82) is 0 Å². The van der Waals surface area contributed by atoms with Crippen molar-refractivity contribution in [3.05, 3.63) is 48.0 Å². The molecule has 1 aliphatic rings. The van der Waals surface area contributed by atoms with Crippen LogP contribution in [0.15, 0.2) is 42.5 Å². The van der Waals surface area contributed by atoms with Gasteiger partial charge in [-0.2, -0.15) is 0 Å². The Hall–Kier alpha value is -3.42. The van der Waals surface area contributed by atoms with Crippen LogP contribution in [0.1, 0.15) is 36.5 Å². The SMILES string of the molecule is CCCOc1ccc(OCC(=O)NC2CCN(C(=O)c3ccc(OC)cc3OC)CC2)cc1. The van der Waals surface area contributed by atoms with Crippen LogP contribution in [0.4, 0.5) is 0 Å². The average molecular weight is 457 g/mol. The van der Waals surface area contributed by atoms with Crippen LogP contribution < -0.4 is 24.3 Å². The molecule has 178 valence electrons. The number of benzene rings is 2. The molecule has 0 radical (unpaired) electrons. The van der Waals surface area contributed by atoms with E-state index in [1.807, 2.05) is 12.1 Å². The Morgan fingerprint density at radius 2 is 1.58 bits per heavy atom. The number of likely N-dealkylation sites (tertiary alicyclic amines) is 1. The minimum atomic E-state index is -0.178. The number of nitrogens with one attached hydrogen (secondary N) is 1. The number of carbonyl (C=O) groups excluding carboxylic acids is 2. The Morgan fingerprint density at radius 1 is 0.939 bits per heavy atom. The number of piperidine rings is 1. The van der Waals surface area contributed by atoms with Gasteiger partial charge in [-0.05, 0) is 55.7 Å². The summed E-state index contributed by atoms with van der Waals surface area (Å²) in [4.78, 5) is 27.0. The van der Waals surface area contributed by atoms with Crippen LogP contribution in [0.3, 0.4) is 0 Å². The summed E-state index contributed by atoms with van der Waals surface area (Å²) in [7, 11) is 3.10. The van der Waals surface area contributed by atoms with Crippen molar-refractivity contribution in [2.24, 2.45) is 0 Å². The third-order valence-corrected chi connectivity index (χ3v) is 5.45. The molecule has 0 unspecified atom stereocenters. The lowest BCUT2D eigenvalue weighted by Gasteiger charge is -2.32. The smallest absolute Gasteiger partial charge is 0.258 e. The number of nitrogens with zero attached hydrogens (tertiary/aromatic N) is 1. The second kappa shape index (κ2) is 12.0. The third-order valence-electron chi connectivity index (χ3n) is 5.45. The number of hydrogen-bond acceptors (Lipinski definition) is 6. The third kappa shape index (κ3) is 6.78. The molecule has 0 aromatic heterocycles. The number of amides is 2. The molecule has 0 aliphatic carbocycles. The van der Waals surface area contributed by atoms with Gasteiger partial charge in [-0.1, -0.05) is 6.92 Å². The van der Waals surface area contributed by atoms with Crippen LogP contribution >= 0.6 is 0 Å². The first-order chi connectivity index (χ1) is 16.0. The van der Waals surface area contributed by atoms with Gasteiger partial charge in [0.15, 0.2) is 6.61 Å². The van der Waals surface area contributed by atoms with Gasteiger partial charge in [0.25, 0.3) is 11.8 Å². The Labute approximate surface area is 194 Å². The predicted octanol–water partition coefficient (Wildman–Crippen LogP) is 3.29. The summed E-state index contributed by atoms with van der Waals surface area (Å²) in [5.74, 6) is 2.24. The lowest BCUT2D eigenvalue weighted by molar-refractivity contribution is -0.124. The Balaban J connectivity index is 1.43. The average Bonchev–Trinajstić information content (AvgIpc) is 2.86. The summed E-state index contributed by atoms with van der Waals surface area (Å²) in [5, 5.41) is 3.00. The molecule has 33 heavy (non-hydrogen) atoms. The summed E-state index contributed by atoms with van der Waals surface area (Å²) in [6.07, 6.45) is 2.31. The Bertz CT molecular complexity index is 923. The molecule has 3 rings (SSSR count). The normalized spacial score (nSPS) is 13.8.